The first kappa shape index (κ1) is 9.05. The first-order valence-corrected chi connectivity index (χ1v) is 5.61. The van der Waals surface area contributed by atoms with Gasteiger partial charge in [-0.3, -0.25) is 4.90 Å². The quantitative estimate of drug-likeness (QED) is 0.743. The molecule has 1 rings (SSSR count). The molecule has 112 valence electrons. The molecule has 1 amide bonds. The Morgan fingerprint density at radius 2 is 1.84 bits per heavy atom. The zero-order valence-corrected chi connectivity index (χ0v) is 11.1. The van der Waals surface area contributed by atoms with Crippen molar-refractivity contribution in [1.29, 1.82) is 0 Å². The molecule has 1 saturated heterocycles. The van der Waals surface area contributed by atoms with Gasteiger partial charge in [0, 0.05) is 34.3 Å². The van der Waals surface area contributed by atoms with Gasteiger partial charge in [-0.05, 0) is 27.7 Å². The Labute approximate surface area is 119 Å². The maximum Gasteiger partial charge on any atom is 0.425 e. The number of halogens is 3. The Balaban J connectivity index is 3.31. The van der Waals surface area contributed by atoms with Gasteiger partial charge in [0.15, 0.2) is 6.10 Å². The maximum absolute atomic E-state index is 12.6. The summed E-state index contributed by atoms with van der Waals surface area (Å²) in [6.07, 6.45) is -9.43. The Bertz CT molecular complexity index is 536. The molecule has 1 unspecified atom stereocenters. The molecule has 0 bridgehead atoms. The highest BCUT2D eigenvalue weighted by atomic mass is 19.4. The average molecular weight is 288 g/mol. The number of ether oxygens (including phenoxy) is 1. The number of carbonyl (C=O) groups excluding carboxylic acids is 1. The summed E-state index contributed by atoms with van der Waals surface area (Å²) < 4.78 is 89.6. The minimum Gasteiger partial charge on any atom is -0.437 e. The third-order valence-corrected chi connectivity index (χ3v) is 2.41. The van der Waals surface area contributed by atoms with Crippen molar-refractivity contribution in [3.63, 3.8) is 0 Å². The molecule has 1 atom stereocenters. The van der Waals surface area contributed by atoms with Gasteiger partial charge in [0.2, 0.25) is 0 Å². The predicted molar refractivity (Wildman–Crippen MR) is 64.9 cm³/mol. The Morgan fingerprint density at radius 3 is 2.32 bits per heavy atom. The molecule has 0 spiro atoms. The molecule has 1 heterocycles. The van der Waals surface area contributed by atoms with Crippen molar-refractivity contribution in [2.24, 2.45) is 0 Å². The van der Waals surface area contributed by atoms with Gasteiger partial charge in [-0.1, -0.05) is 0 Å². The van der Waals surface area contributed by atoms with Crippen molar-refractivity contribution < 1.29 is 30.9 Å². The van der Waals surface area contributed by atoms with Crippen molar-refractivity contribution in [2.75, 3.05) is 26.0 Å². The molecule has 0 aromatic rings. The van der Waals surface area contributed by atoms with Crippen LogP contribution in [0.3, 0.4) is 0 Å². The van der Waals surface area contributed by atoms with Gasteiger partial charge in [-0.2, -0.15) is 13.2 Å². The molecular formula is C12H21F3N2O2. The summed E-state index contributed by atoms with van der Waals surface area (Å²) >= 11 is 0. The number of nitrogens with zero attached hydrogens (tertiary/aromatic N) is 2. The highest BCUT2D eigenvalue weighted by molar-refractivity contribution is 5.68. The zero-order valence-electron chi connectivity index (χ0n) is 17.1. The molecule has 4 nitrogen and oxygen atoms in total. The fourth-order valence-electron chi connectivity index (χ4n) is 1.12. The van der Waals surface area contributed by atoms with Gasteiger partial charge >= 0.3 is 12.3 Å². The molecule has 0 aromatic heterocycles. The normalized spacial score (nSPS) is 32.9. The second-order valence-corrected chi connectivity index (χ2v) is 5.04. The third-order valence-electron chi connectivity index (χ3n) is 2.41. The second-order valence-electron chi connectivity index (χ2n) is 5.04. The topological polar surface area (TPSA) is 32.8 Å². The number of rotatable bonds is 1. The van der Waals surface area contributed by atoms with E-state index < -0.39 is 49.9 Å². The lowest BCUT2D eigenvalue weighted by molar-refractivity contribution is -0.200. The van der Waals surface area contributed by atoms with Crippen molar-refractivity contribution >= 4 is 6.09 Å². The van der Waals surface area contributed by atoms with Crippen molar-refractivity contribution in [1.82, 2.24) is 9.80 Å². The summed E-state index contributed by atoms with van der Waals surface area (Å²) in [5, 5.41) is 0. The monoisotopic (exact) mass is 288 g/mol. The summed E-state index contributed by atoms with van der Waals surface area (Å²) in [7, 11) is 0. The molecule has 1 aliphatic rings. The van der Waals surface area contributed by atoms with Crippen LogP contribution < -0.4 is 0 Å². The van der Waals surface area contributed by atoms with Crippen LogP contribution in [-0.2, 0) is 4.74 Å². The van der Waals surface area contributed by atoms with Crippen molar-refractivity contribution in [3.8, 4) is 0 Å². The van der Waals surface area contributed by atoms with Crippen LogP contribution in [0, 0.1) is 0 Å². The fourth-order valence-corrected chi connectivity index (χ4v) is 1.12. The van der Waals surface area contributed by atoms with E-state index in [1.807, 2.05) is 0 Å². The maximum atomic E-state index is 12.6. The first-order chi connectivity index (χ1) is 10.8. The van der Waals surface area contributed by atoms with Crippen LogP contribution in [0.4, 0.5) is 18.0 Å². The summed E-state index contributed by atoms with van der Waals surface area (Å²) in [4.78, 5) is 12.7. The number of hydrogen-bond acceptors (Lipinski definition) is 3. The first-order valence-electron chi connectivity index (χ1n) is 8.61. The van der Waals surface area contributed by atoms with E-state index in [1.165, 1.54) is 20.8 Å². The molecule has 0 radical (unpaired) electrons. The van der Waals surface area contributed by atoms with Gasteiger partial charge in [-0.15, -0.1) is 0 Å². The zero-order chi connectivity index (χ0) is 20.2. The Morgan fingerprint density at radius 1 is 1.26 bits per heavy atom. The minimum absolute atomic E-state index is 0.232. The van der Waals surface area contributed by atoms with E-state index in [1.54, 1.807) is 0 Å². The summed E-state index contributed by atoms with van der Waals surface area (Å²) in [6.45, 7) is -4.63. The molecule has 19 heavy (non-hydrogen) atoms. The summed E-state index contributed by atoms with van der Waals surface area (Å²) in [6, 6.07) is 0. The summed E-state index contributed by atoms with van der Waals surface area (Å²) in [5.74, 6) is 0. The highest BCUT2D eigenvalue weighted by Crippen LogP contribution is 2.23. The summed E-state index contributed by atoms with van der Waals surface area (Å²) in [5.41, 5.74) is -1.01. The Kier molecular flexibility index (Phi) is 2.65. The van der Waals surface area contributed by atoms with Crippen LogP contribution in [-0.4, -0.2) is 59.7 Å². The highest BCUT2D eigenvalue weighted by Gasteiger charge is 2.40. The number of piperazine rings is 1. The lowest BCUT2D eigenvalue weighted by atomic mass is 10.1. The smallest absolute Gasteiger partial charge is 0.425 e. The van der Waals surface area contributed by atoms with E-state index in [-0.39, 0.29) is 4.90 Å². The van der Waals surface area contributed by atoms with E-state index in [2.05, 4.69) is 4.74 Å². The SMILES string of the molecule is [2H]C1([2H])CN(C(C)(C)C)C([2H])([2H])C([2H])([2H])N1C(=O)OC(C)C(F)(F)F. The number of alkyl halides is 3. The van der Waals surface area contributed by atoms with Crippen LogP contribution >= 0.6 is 0 Å². The van der Waals surface area contributed by atoms with Crippen LogP contribution in [0.2, 0.25) is 0 Å². The number of hydrogen-bond donors (Lipinski definition) is 0. The molecule has 0 aliphatic carbocycles. The van der Waals surface area contributed by atoms with E-state index in [0.717, 1.165) is 4.90 Å². The number of amides is 1. The second kappa shape index (κ2) is 5.56. The molecule has 0 N–H and O–H groups in total. The minimum atomic E-state index is -4.92. The van der Waals surface area contributed by atoms with Gasteiger partial charge in [-0.25, -0.2) is 4.79 Å². The fraction of sp³-hybridized carbons (Fsp3) is 0.917. The number of carbonyl (C=O) groups is 1. The van der Waals surface area contributed by atoms with Gasteiger partial charge in [0.05, 0.1) is 5.48 Å². The van der Waals surface area contributed by atoms with E-state index >= 15 is 0 Å². The Hall–Kier alpha value is -0.980. The van der Waals surface area contributed by atoms with Crippen molar-refractivity contribution in [3.05, 3.63) is 0 Å². The lowest BCUT2D eigenvalue weighted by Crippen LogP contribution is -2.55. The lowest BCUT2D eigenvalue weighted by Gasteiger charge is -2.42. The molecule has 0 saturated carbocycles. The molecule has 1 aliphatic heterocycles. The van der Waals surface area contributed by atoms with Crippen LogP contribution in [0.25, 0.3) is 0 Å². The van der Waals surface area contributed by atoms with Gasteiger partial charge in [0.1, 0.15) is 0 Å². The standard InChI is InChI=1S/C12H21F3N2O2/c1-9(12(13,14)15)19-10(18)16-5-7-17(8-6-16)11(2,3)4/h9H,5-8H2,1-4H3/i5D2,6D2,7D2. The van der Waals surface area contributed by atoms with E-state index in [9.17, 15) is 18.0 Å². The van der Waals surface area contributed by atoms with Crippen LogP contribution in [0.5, 0.6) is 0 Å². The third kappa shape index (κ3) is 4.56. The van der Waals surface area contributed by atoms with Crippen LogP contribution in [0.15, 0.2) is 0 Å². The predicted octanol–water partition coefficient (Wildman–Crippen LogP) is 2.49. The van der Waals surface area contributed by atoms with Gasteiger partial charge < -0.3 is 9.64 Å². The van der Waals surface area contributed by atoms with Crippen LogP contribution in [0.1, 0.15) is 35.9 Å². The van der Waals surface area contributed by atoms with Crippen molar-refractivity contribution in [2.45, 2.75) is 45.5 Å². The average Bonchev–Trinajstić information content (AvgIpc) is 2.30. The van der Waals surface area contributed by atoms with Gasteiger partial charge in [0.25, 0.3) is 0 Å². The molecule has 7 heteroatoms. The van der Waals surface area contributed by atoms with E-state index in [0.29, 0.717) is 6.92 Å². The van der Waals surface area contributed by atoms with E-state index in [4.69, 9.17) is 8.22 Å². The molecule has 0 aromatic carbocycles. The molecular weight excluding hydrogens is 261 g/mol. The largest absolute Gasteiger partial charge is 0.437 e. The molecule has 1 fully saturated rings.